The van der Waals surface area contributed by atoms with Crippen molar-refractivity contribution in [1.29, 1.82) is 0 Å². The molecule has 2 aromatic rings. The van der Waals surface area contributed by atoms with E-state index in [1.165, 1.54) is 11.1 Å². The van der Waals surface area contributed by atoms with Gasteiger partial charge in [0, 0.05) is 24.4 Å². The zero-order valence-corrected chi connectivity index (χ0v) is 14.3. The summed E-state index contributed by atoms with van der Waals surface area (Å²) >= 11 is 0. The maximum absolute atomic E-state index is 10.3. The minimum Gasteiger partial charge on any atom is -0.497 e. The monoisotopic (exact) mass is 341 g/mol. The first-order valence-corrected chi connectivity index (χ1v) is 8.58. The minimum absolute atomic E-state index is 0.130. The molecule has 1 fully saturated rings. The van der Waals surface area contributed by atoms with Crippen molar-refractivity contribution in [2.75, 3.05) is 33.6 Å². The topological polar surface area (TPSA) is 60.0 Å². The number of aliphatic hydroxyl groups is 1. The highest BCUT2D eigenvalue weighted by Crippen LogP contribution is 2.44. The lowest BCUT2D eigenvalue weighted by Gasteiger charge is -2.33. The lowest BCUT2D eigenvalue weighted by atomic mass is 9.71. The third kappa shape index (κ3) is 2.94. The van der Waals surface area contributed by atoms with Crippen molar-refractivity contribution in [2.45, 2.75) is 12.3 Å². The second kappa shape index (κ2) is 6.58. The Kier molecular flexibility index (Phi) is 4.27. The highest BCUT2D eigenvalue weighted by Gasteiger charge is 2.43. The Morgan fingerprint density at radius 3 is 2.72 bits per heavy atom. The quantitative estimate of drug-likeness (QED) is 0.874. The lowest BCUT2D eigenvalue weighted by Crippen LogP contribution is -2.35. The summed E-state index contributed by atoms with van der Waals surface area (Å²) in [6.45, 7) is 2.04. The lowest BCUT2D eigenvalue weighted by molar-refractivity contribution is 0.126. The van der Waals surface area contributed by atoms with Gasteiger partial charge in [0.05, 0.1) is 13.7 Å². The third-order valence-corrected chi connectivity index (χ3v) is 5.39. The van der Waals surface area contributed by atoms with E-state index in [-0.39, 0.29) is 24.7 Å². The van der Waals surface area contributed by atoms with Gasteiger partial charge in [0.15, 0.2) is 11.5 Å². The molecular formula is C20H23NO4. The van der Waals surface area contributed by atoms with E-state index in [2.05, 4.69) is 29.6 Å². The highest BCUT2D eigenvalue weighted by molar-refractivity contribution is 5.46. The molecule has 5 nitrogen and oxygen atoms in total. The normalized spacial score (nSPS) is 24.5. The smallest absolute Gasteiger partial charge is 0.231 e. The van der Waals surface area contributed by atoms with E-state index in [4.69, 9.17) is 14.2 Å². The fraction of sp³-hybridized carbons (Fsp3) is 0.400. The number of rotatable bonds is 5. The standard InChI is InChI=1S/C20H23NO4/c1-23-16-5-2-14(3-6-16)9-20(12-22)11-21-10-17(20)15-4-7-18-19(8-15)25-13-24-18/h2-8,17,21-22H,9-13H2,1H3. The average molecular weight is 341 g/mol. The molecule has 0 aromatic heterocycles. The zero-order chi connectivity index (χ0) is 17.3. The van der Waals surface area contributed by atoms with E-state index in [0.717, 1.165) is 36.8 Å². The van der Waals surface area contributed by atoms with E-state index in [0.29, 0.717) is 0 Å². The van der Waals surface area contributed by atoms with Gasteiger partial charge in [0.2, 0.25) is 6.79 Å². The first kappa shape index (κ1) is 16.2. The highest BCUT2D eigenvalue weighted by atomic mass is 16.7. The number of ether oxygens (including phenoxy) is 3. The first-order chi connectivity index (χ1) is 12.2. The van der Waals surface area contributed by atoms with Crippen molar-refractivity contribution in [3.05, 3.63) is 53.6 Å². The maximum Gasteiger partial charge on any atom is 0.231 e. The summed E-state index contributed by atoms with van der Waals surface area (Å²) in [7, 11) is 1.67. The van der Waals surface area contributed by atoms with Crippen molar-refractivity contribution in [1.82, 2.24) is 5.32 Å². The zero-order valence-electron chi connectivity index (χ0n) is 14.3. The summed E-state index contributed by atoms with van der Waals surface area (Å²) in [5.41, 5.74) is 2.14. The second-order valence-electron chi connectivity index (χ2n) is 6.84. The summed E-state index contributed by atoms with van der Waals surface area (Å²) in [4.78, 5) is 0. The van der Waals surface area contributed by atoms with Crippen molar-refractivity contribution in [2.24, 2.45) is 5.41 Å². The van der Waals surface area contributed by atoms with Gasteiger partial charge in [-0.25, -0.2) is 0 Å². The van der Waals surface area contributed by atoms with Gasteiger partial charge in [0.25, 0.3) is 0 Å². The first-order valence-electron chi connectivity index (χ1n) is 8.58. The molecule has 2 heterocycles. The predicted molar refractivity (Wildman–Crippen MR) is 94.4 cm³/mol. The molecule has 0 amide bonds. The van der Waals surface area contributed by atoms with Crippen LogP contribution in [0.4, 0.5) is 0 Å². The number of hydrogen-bond donors (Lipinski definition) is 2. The second-order valence-corrected chi connectivity index (χ2v) is 6.84. The van der Waals surface area contributed by atoms with Crippen LogP contribution in [0.15, 0.2) is 42.5 Å². The van der Waals surface area contributed by atoms with E-state index in [9.17, 15) is 5.11 Å². The van der Waals surface area contributed by atoms with Crippen LogP contribution in [0.25, 0.3) is 0 Å². The Hall–Kier alpha value is -2.24. The van der Waals surface area contributed by atoms with Gasteiger partial charge in [0.1, 0.15) is 5.75 Å². The Morgan fingerprint density at radius 2 is 1.96 bits per heavy atom. The average Bonchev–Trinajstić information content (AvgIpc) is 3.28. The van der Waals surface area contributed by atoms with Crippen LogP contribution in [0.5, 0.6) is 17.2 Å². The van der Waals surface area contributed by atoms with Crippen molar-refractivity contribution in [3.8, 4) is 17.2 Å². The van der Waals surface area contributed by atoms with Gasteiger partial charge in [-0.2, -0.15) is 0 Å². The molecule has 25 heavy (non-hydrogen) atoms. The van der Waals surface area contributed by atoms with Gasteiger partial charge in [-0.1, -0.05) is 18.2 Å². The van der Waals surface area contributed by atoms with Crippen LogP contribution >= 0.6 is 0 Å². The summed E-state index contributed by atoms with van der Waals surface area (Å²) in [6.07, 6.45) is 0.805. The molecule has 132 valence electrons. The Morgan fingerprint density at radius 1 is 1.16 bits per heavy atom. The molecule has 2 aliphatic rings. The Bertz CT molecular complexity index is 746. The molecule has 0 spiro atoms. The molecule has 0 saturated carbocycles. The number of benzene rings is 2. The molecule has 0 bridgehead atoms. The van der Waals surface area contributed by atoms with Crippen LogP contribution in [0.3, 0.4) is 0 Å². The molecular weight excluding hydrogens is 318 g/mol. The van der Waals surface area contributed by atoms with Crippen LogP contribution in [0, 0.1) is 5.41 Å². The van der Waals surface area contributed by atoms with Crippen LogP contribution in [-0.4, -0.2) is 38.7 Å². The summed E-state index contributed by atoms with van der Waals surface area (Å²) in [6, 6.07) is 14.2. The fourth-order valence-corrected chi connectivity index (χ4v) is 3.96. The van der Waals surface area contributed by atoms with Crippen LogP contribution in [-0.2, 0) is 6.42 Å². The molecule has 2 aromatic carbocycles. The van der Waals surface area contributed by atoms with E-state index in [1.54, 1.807) is 7.11 Å². The van der Waals surface area contributed by atoms with Gasteiger partial charge < -0.3 is 24.6 Å². The fourth-order valence-electron chi connectivity index (χ4n) is 3.96. The van der Waals surface area contributed by atoms with Crippen molar-refractivity contribution < 1.29 is 19.3 Å². The van der Waals surface area contributed by atoms with Crippen LogP contribution in [0.2, 0.25) is 0 Å². The van der Waals surface area contributed by atoms with E-state index >= 15 is 0 Å². The van der Waals surface area contributed by atoms with Crippen LogP contribution < -0.4 is 19.5 Å². The van der Waals surface area contributed by atoms with Gasteiger partial charge in [-0.05, 0) is 41.8 Å². The van der Waals surface area contributed by atoms with Crippen molar-refractivity contribution >= 4 is 0 Å². The largest absolute Gasteiger partial charge is 0.497 e. The molecule has 0 aliphatic carbocycles. The van der Waals surface area contributed by atoms with Crippen LogP contribution in [0.1, 0.15) is 17.0 Å². The van der Waals surface area contributed by atoms with E-state index < -0.39 is 0 Å². The SMILES string of the molecule is COc1ccc(CC2(CO)CNCC2c2ccc3c(c2)OCO3)cc1. The number of nitrogens with one attached hydrogen (secondary N) is 1. The number of hydrogen-bond acceptors (Lipinski definition) is 5. The summed E-state index contributed by atoms with van der Waals surface area (Å²) < 4.78 is 16.2. The van der Waals surface area contributed by atoms with Gasteiger partial charge in [-0.3, -0.25) is 0 Å². The van der Waals surface area contributed by atoms with E-state index in [1.807, 2.05) is 18.2 Å². The Labute approximate surface area is 147 Å². The molecule has 2 atom stereocenters. The van der Waals surface area contributed by atoms with Gasteiger partial charge >= 0.3 is 0 Å². The summed E-state index contributed by atoms with van der Waals surface area (Å²) in [5, 5.41) is 13.7. The molecule has 5 heteroatoms. The molecule has 2 N–H and O–H groups in total. The predicted octanol–water partition coefficient (Wildman–Crippen LogP) is 2.33. The molecule has 0 radical (unpaired) electrons. The Balaban J connectivity index is 1.62. The third-order valence-electron chi connectivity index (χ3n) is 5.39. The molecule has 2 aliphatic heterocycles. The van der Waals surface area contributed by atoms with Crippen molar-refractivity contribution in [3.63, 3.8) is 0 Å². The molecule has 1 saturated heterocycles. The number of fused-ring (bicyclic) bond motifs is 1. The maximum atomic E-state index is 10.3. The minimum atomic E-state index is -0.234. The van der Waals surface area contributed by atoms with Gasteiger partial charge in [-0.15, -0.1) is 0 Å². The molecule has 4 rings (SSSR count). The number of aliphatic hydroxyl groups excluding tert-OH is 1. The molecule has 2 unspecified atom stereocenters. The number of methoxy groups -OCH3 is 1. The summed E-state index contributed by atoms with van der Waals surface area (Å²) in [5.74, 6) is 2.65.